The number of rotatable bonds is 1. The molecule has 3 rings (SSSR count). The van der Waals surface area contributed by atoms with Crippen molar-refractivity contribution in [3.63, 3.8) is 0 Å². The molecule has 0 aliphatic carbocycles. The number of benzene rings is 3. The van der Waals surface area contributed by atoms with Crippen LogP contribution in [0.4, 0.5) is 5.69 Å². The minimum absolute atomic E-state index is 0.828. The SMILES string of the molecule is Nc1ccccc1-c1ccccc1.Sc1ccccc1. The second-order valence-corrected chi connectivity index (χ2v) is 4.81. The molecule has 20 heavy (non-hydrogen) atoms. The fourth-order valence-corrected chi connectivity index (χ4v) is 1.98. The van der Waals surface area contributed by atoms with Gasteiger partial charge in [0.25, 0.3) is 0 Å². The molecule has 0 aromatic heterocycles. The molecule has 0 saturated heterocycles. The lowest BCUT2D eigenvalue weighted by atomic mass is 10.0. The van der Waals surface area contributed by atoms with E-state index in [9.17, 15) is 0 Å². The summed E-state index contributed by atoms with van der Waals surface area (Å²) in [6, 6.07) is 27.8. The lowest BCUT2D eigenvalue weighted by molar-refractivity contribution is 1.48. The van der Waals surface area contributed by atoms with Gasteiger partial charge in [0.1, 0.15) is 0 Å². The predicted molar refractivity (Wildman–Crippen MR) is 90.0 cm³/mol. The number of thiol groups is 1. The van der Waals surface area contributed by atoms with E-state index >= 15 is 0 Å². The van der Waals surface area contributed by atoms with Crippen molar-refractivity contribution in [2.24, 2.45) is 0 Å². The number of hydrogen-bond acceptors (Lipinski definition) is 2. The molecule has 0 atom stereocenters. The molecule has 0 radical (unpaired) electrons. The van der Waals surface area contributed by atoms with E-state index in [-0.39, 0.29) is 0 Å². The van der Waals surface area contributed by atoms with E-state index < -0.39 is 0 Å². The Hall–Kier alpha value is -2.19. The number of hydrogen-bond donors (Lipinski definition) is 2. The molecule has 0 fully saturated rings. The maximum absolute atomic E-state index is 5.85. The molecule has 0 aliphatic heterocycles. The van der Waals surface area contributed by atoms with E-state index in [1.807, 2.05) is 72.8 Å². The summed E-state index contributed by atoms with van der Waals surface area (Å²) in [6.45, 7) is 0. The summed E-state index contributed by atoms with van der Waals surface area (Å²) in [7, 11) is 0. The molecule has 0 saturated carbocycles. The maximum Gasteiger partial charge on any atom is 0.0393 e. The van der Waals surface area contributed by atoms with E-state index in [2.05, 4.69) is 24.8 Å². The number of para-hydroxylation sites is 1. The Balaban J connectivity index is 0.000000178. The van der Waals surface area contributed by atoms with E-state index in [0.29, 0.717) is 0 Å². The number of nitrogens with two attached hydrogens (primary N) is 1. The lowest BCUT2D eigenvalue weighted by Crippen LogP contribution is -1.88. The fraction of sp³-hybridized carbons (Fsp3) is 0. The van der Waals surface area contributed by atoms with Crippen LogP contribution in [0, 0.1) is 0 Å². The fourth-order valence-electron chi connectivity index (χ4n) is 1.81. The summed E-state index contributed by atoms with van der Waals surface area (Å²) in [5, 5.41) is 0. The average molecular weight is 279 g/mol. The van der Waals surface area contributed by atoms with Crippen LogP contribution in [0.15, 0.2) is 89.8 Å². The Morgan fingerprint density at radius 1 is 0.600 bits per heavy atom. The van der Waals surface area contributed by atoms with Crippen LogP contribution in [0.1, 0.15) is 0 Å². The average Bonchev–Trinajstić information content (AvgIpc) is 2.50. The third-order valence-electron chi connectivity index (χ3n) is 2.80. The van der Waals surface area contributed by atoms with Crippen molar-refractivity contribution in [3.05, 3.63) is 84.9 Å². The van der Waals surface area contributed by atoms with Gasteiger partial charge in [-0.1, -0.05) is 66.7 Å². The molecular weight excluding hydrogens is 262 g/mol. The van der Waals surface area contributed by atoms with Crippen molar-refractivity contribution in [2.75, 3.05) is 5.73 Å². The second kappa shape index (κ2) is 7.41. The zero-order chi connectivity index (χ0) is 14.2. The third kappa shape index (κ3) is 4.18. The van der Waals surface area contributed by atoms with Gasteiger partial charge in [0, 0.05) is 16.1 Å². The Kier molecular flexibility index (Phi) is 5.27. The first kappa shape index (κ1) is 14.2. The van der Waals surface area contributed by atoms with Crippen molar-refractivity contribution >= 4 is 18.3 Å². The standard InChI is InChI=1S/C12H11N.C6H6S/c13-12-9-5-4-8-11(12)10-6-2-1-3-7-10;7-6-4-2-1-3-5-6/h1-9H,13H2;1-5,7H. The van der Waals surface area contributed by atoms with Gasteiger partial charge < -0.3 is 5.73 Å². The zero-order valence-corrected chi connectivity index (χ0v) is 12.0. The zero-order valence-electron chi connectivity index (χ0n) is 11.1. The van der Waals surface area contributed by atoms with Crippen LogP contribution < -0.4 is 5.73 Å². The van der Waals surface area contributed by atoms with Crippen molar-refractivity contribution < 1.29 is 0 Å². The van der Waals surface area contributed by atoms with Crippen LogP contribution in [0.25, 0.3) is 11.1 Å². The quantitative estimate of drug-likeness (QED) is 0.480. The first-order chi connectivity index (χ1) is 9.77. The Morgan fingerprint density at radius 3 is 1.60 bits per heavy atom. The predicted octanol–water partition coefficient (Wildman–Crippen LogP) is 4.91. The highest BCUT2D eigenvalue weighted by Crippen LogP contribution is 2.24. The second-order valence-electron chi connectivity index (χ2n) is 4.29. The van der Waals surface area contributed by atoms with Crippen molar-refractivity contribution in [1.29, 1.82) is 0 Å². The van der Waals surface area contributed by atoms with Crippen molar-refractivity contribution in [2.45, 2.75) is 4.90 Å². The van der Waals surface area contributed by atoms with Gasteiger partial charge in [0.05, 0.1) is 0 Å². The summed E-state index contributed by atoms with van der Waals surface area (Å²) >= 11 is 4.08. The number of anilines is 1. The van der Waals surface area contributed by atoms with E-state index in [1.54, 1.807) is 0 Å². The van der Waals surface area contributed by atoms with Gasteiger partial charge in [-0.25, -0.2) is 0 Å². The van der Waals surface area contributed by atoms with Gasteiger partial charge in [0.2, 0.25) is 0 Å². The van der Waals surface area contributed by atoms with Gasteiger partial charge in [0.15, 0.2) is 0 Å². The van der Waals surface area contributed by atoms with Crippen LogP contribution in [-0.2, 0) is 0 Å². The molecule has 1 nitrogen and oxygen atoms in total. The molecule has 0 heterocycles. The Labute approximate surface area is 125 Å². The van der Waals surface area contributed by atoms with Crippen molar-refractivity contribution in [3.8, 4) is 11.1 Å². The highest BCUT2D eigenvalue weighted by Gasteiger charge is 1.98. The van der Waals surface area contributed by atoms with Crippen LogP contribution in [0.3, 0.4) is 0 Å². The molecule has 2 heteroatoms. The number of nitrogen functional groups attached to an aromatic ring is 1. The third-order valence-corrected chi connectivity index (χ3v) is 3.10. The smallest absolute Gasteiger partial charge is 0.0393 e. The summed E-state index contributed by atoms with van der Waals surface area (Å²) < 4.78 is 0. The normalized spacial score (nSPS) is 9.45. The molecule has 0 bridgehead atoms. The minimum atomic E-state index is 0.828. The van der Waals surface area contributed by atoms with Gasteiger partial charge in [-0.3, -0.25) is 0 Å². The maximum atomic E-state index is 5.85. The summed E-state index contributed by atoms with van der Waals surface area (Å²) in [5.41, 5.74) is 8.95. The van der Waals surface area contributed by atoms with E-state index in [1.165, 1.54) is 5.56 Å². The van der Waals surface area contributed by atoms with Gasteiger partial charge in [-0.15, -0.1) is 12.6 Å². The highest BCUT2D eigenvalue weighted by molar-refractivity contribution is 7.80. The summed E-state index contributed by atoms with van der Waals surface area (Å²) in [5.74, 6) is 0. The topological polar surface area (TPSA) is 26.0 Å². The largest absolute Gasteiger partial charge is 0.398 e. The summed E-state index contributed by atoms with van der Waals surface area (Å²) in [6.07, 6.45) is 0. The lowest BCUT2D eigenvalue weighted by Gasteiger charge is -2.03. The minimum Gasteiger partial charge on any atom is -0.398 e. The molecule has 2 N–H and O–H groups in total. The Bertz CT molecular complexity index is 636. The van der Waals surface area contributed by atoms with Gasteiger partial charge in [-0.2, -0.15) is 0 Å². The first-order valence-electron chi connectivity index (χ1n) is 6.41. The molecule has 100 valence electrons. The van der Waals surface area contributed by atoms with Gasteiger partial charge >= 0.3 is 0 Å². The molecule has 3 aromatic rings. The van der Waals surface area contributed by atoms with Crippen LogP contribution >= 0.6 is 12.6 Å². The van der Waals surface area contributed by atoms with Crippen LogP contribution in [-0.4, -0.2) is 0 Å². The Morgan fingerprint density at radius 2 is 1.10 bits per heavy atom. The van der Waals surface area contributed by atoms with Gasteiger partial charge in [-0.05, 0) is 23.8 Å². The first-order valence-corrected chi connectivity index (χ1v) is 6.86. The van der Waals surface area contributed by atoms with Crippen LogP contribution in [0.5, 0.6) is 0 Å². The molecule has 0 amide bonds. The molecule has 0 aliphatic rings. The monoisotopic (exact) mass is 279 g/mol. The molecule has 0 spiro atoms. The molecule has 0 unspecified atom stereocenters. The van der Waals surface area contributed by atoms with Crippen molar-refractivity contribution in [1.82, 2.24) is 0 Å². The van der Waals surface area contributed by atoms with E-state index in [0.717, 1.165) is 16.1 Å². The van der Waals surface area contributed by atoms with Crippen LogP contribution in [0.2, 0.25) is 0 Å². The summed E-state index contributed by atoms with van der Waals surface area (Å²) in [4.78, 5) is 1.02. The molecule has 3 aromatic carbocycles. The van der Waals surface area contributed by atoms with E-state index in [4.69, 9.17) is 5.73 Å². The highest BCUT2D eigenvalue weighted by atomic mass is 32.1. The molecular formula is C18H17NS.